The number of aryl methyl sites for hydroxylation is 1. The summed E-state index contributed by atoms with van der Waals surface area (Å²) >= 11 is 0. The van der Waals surface area contributed by atoms with E-state index in [0.717, 1.165) is 25.0 Å². The van der Waals surface area contributed by atoms with Crippen LogP contribution in [0.1, 0.15) is 24.3 Å². The van der Waals surface area contributed by atoms with Crippen molar-refractivity contribution in [3.63, 3.8) is 0 Å². The van der Waals surface area contributed by atoms with Gasteiger partial charge in [-0.3, -0.25) is 0 Å². The summed E-state index contributed by atoms with van der Waals surface area (Å²) in [5, 5.41) is 0. The standard InChI is InChI=1S/C12H13F3N2O/c13-12(14,15)8-4-5-10-9(7-8)17-11(18-10)3-1-2-6-16/h4-5,7H,1-3,6,16H2. The largest absolute Gasteiger partial charge is 0.441 e. The Morgan fingerprint density at radius 1 is 1.22 bits per heavy atom. The van der Waals surface area contributed by atoms with E-state index in [1.165, 1.54) is 6.07 Å². The SMILES string of the molecule is NCCCCc1nc2cc(C(F)(F)F)ccc2o1. The summed E-state index contributed by atoms with van der Waals surface area (Å²) in [6.07, 6.45) is -2.11. The van der Waals surface area contributed by atoms with Crippen LogP contribution in [0.15, 0.2) is 22.6 Å². The van der Waals surface area contributed by atoms with E-state index in [2.05, 4.69) is 4.98 Å². The Kier molecular flexibility index (Phi) is 3.56. The van der Waals surface area contributed by atoms with Crippen molar-refractivity contribution in [2.45, 2.75) is 25.4 Å². The Labute approximate surface area is 102 Å². The number of nitrogens with two attached hydrogens (primary N) is 1. The topological polar surface area (TPSA) is 52.0 Å². The van der Waals surface area contributed by atoms with Crippen molar-refractivity contribution in [3.05, 3.63) is 29.7 Å². The van der Waals surface area contributed by atoms with Crippen molar-refractivity contribution in [3.8, 4) is 0 Å². The molecule has 0 radical (unpaired) electrons. The number of unbranched alkanes of at least 4 members (excludes halogenated alkanes) is 1. The molecule has 18 heavy (non-hydrogen) atoms. The summed E-state index contributed by atoms with van der Waals surface area (Å²) in [5.74, 6) is 0.456. The molecule has 0 aliphatic heterocycles. The van der Waals surface area contributed by atoms with Crippen LogP contribution in [0.4, 0.5) is 13.2 Å². The Bertz CT molecular complexity index is 534. The van der Waals surface area contributed by atoms with E-state index < -0.39 is 11.7 Å². The molecule has 0 unspecified atom stereocenters. The highest BCUT2D eigenvalue weighted by Gasteiger charge is 2.30. The van der Waals surface area contributed by atoms with E-state index >= 15 is 0 Å². The van der Waals surface area contributed by atoms with Crippen LogP contribution in [0.2, 0.25) is 0 Å². The molecule has 1 heterocycles. The zero-order chi connectivity index (χ0) is 13.2. The monoisotopic (exact) mass is 258 g/mol. The van der Waals surface area contributed by atoms with Gasteiger partial charge in [0, 0.05) is 6.42 Å². The maximum Gasteiger partial charge on any atom is 0.416 e. The van der Waals surface area contributed by atoms with Crippen molar-refractivity contribution in [2.24, 2.45) is 5.73 Å². The van der Waals surface area contributed by atoms with Gasteiger partial charge < -0.3 is 10.2 Å². The van der Waals surface area contributed by atoms with Gasteiger partial charge in [-0.1, -0.05) is 0 Å². The highest BCUT2D eigenvalue weighted by Crippen LogP contribution is 2.31. The number of oxazole rings is 1. The summed E-state index contributed by atoms with van der Waals surface area (Å²) < 4.78 is 42.9. The number of nitrogens with zero attached hydrogens (tertiary/aromatic N) is 1. The second-order valence-corrected chi connectivity index (χ2v) is 4.03. The molecule has 98 valence electrons. The maximum atomic E-state index is 12.5. The molecule has 1 aromatic carbocycles. The predicted octanol–water partition coefficient (Wildman–Crippen LogP) is 3.13. The lowest BCUT2D eigenvalue weighted by Crippen LogP contribution is -2.03. The van der Waals surface area contributed by atoms with Gasteiger partial charge >= 0.3 is 6.18 Å². The van der Waals surface area contributed by atoms with Crippen LogP contribution in [-0.4, -0.2) is 11.5 Å². The van der Waals surface area contributed by atoms with Crippen LogP contribution in [-0.2, 0) is 12.6 Å². The van der Waals surface area contributed by atoms with Gasteiger partial charge in [0.15, 0.2) is 11.5 Å². The molecule has 2 aromatic rings. The van der Waals surface area contributed by atoms with E-state index in [9.17, 15) is 13.2 Å². The van der Waals surface area contributed by atoms with Gasteiger partial charge in [0.05, 0.1) is 5.56 Å². The molecular formula is C12H13F3N2O. The first kappa shape index (κ1) is 12.9. The van der Waals surface area contributed by atoms with Crippen LogP contribution in [0, 0.1) is 0 Å². The number of benzene rings is 1. The first-order chi connectivity index (χ1) is 8.50. The molecule has 0 aliphatic rings. The Morgan fingerprint density at radius 2 is 2.00 bits per heavy atom. The summed E-state index contributed by atoms with van der Waals surface area (Å²) in [4.78, 5) is 4.05. The van der Waals surface area contributed by atoms with E-state index in [0.29, 0.717) is 24.4 Å². The second kappa shape index (κ2) is 4.97. The number of alkyl halides is 3. The third-order valence-corrected chi connectivity index (χ3v) is 2.60. The van der Waals surface area contributed by atoms with E-state index in [1.54, 1.807) is 0 Å². The van der Waals surface area contributed by atoms with Gasteiger partial charge in [0.25, 0.3) is 0 Å². The fourth-order valence-electron chi connectivity index (χ4n) is 1.68. The molecule has 0 atom stereocenters. The van der Waals surface area contributed by atoms with Gasteiger partial charge in [-0.25, -0.2) is 4.98 Å². The minimum Gasteiger partial charge on any atom is -0.441 e. The highest BCUT2D eigenvalue weighted by molar-refractivity contribution is 5.73. The van der Waals surface area contributed by atoms with Gasteiger partial charge in [-0.15, -0.1) is 0 Å². The van der Waals surface area contributed by atoms with Gasteiger partial charge in [0.2, 0.25) is 0 Å². The summed E-state index contributed by atoms with van der Waals surface area (Å²) in [6.45, 7) is 0.582. The molecule has 0 amide bonds. The molecule has 0 fully saturated rings. The molecule has 2 N–H and O–H groups in total. The molecule has 0 bridgehead atoms. The molecule has 3 nitrogen and oxygen atoms in total. The minimum atomic E-state index is -4.35. The summed E-state index contributed by atoms with van der Waals surface area (Å²) in [6, 6.07) is 3.31. The average molecular weight is 258 g/mol. The smallest absolute Gasteiger partial charge is 0.416 e. The molecule has 6 heteroatoms. The number of fused-ring (bicyclic) bond motifs is 1. The third kappa shape index (κ3) is 2.81. The van der Waals surface area contributed by atoms with E-state index in [4.69, 9.17) is 10.2 Å². The molecule has 1 aromatic heterocycles. The van der Waals surface area contributed by atoms with Crippen molar-refractivity contribution >= 4 is 11.1 Å². The van der Waals surface area contributed by atoms with Gasteiger partial charge in [-0.05, 0) is 37.6 Å². The quantitative estimate of drug-likeness (QED) is 0.857. The molecule has 2 rings (SSSR count). The van der Waals surface area contributed by atoms with Crippen LogP contribution in [0.5, 0.6) is 0 Å². The van der Waals surface area contributed by atoms with E-state index in [-0.39, 0.29) is 5.52 Å². The maximum absolute atomic E-state index is 12.5. The molecule has 0 aliphatic carbocycles. The van der Waals surface area contributed by atoms with Crippen LogP contribution in [0.25, 0.3) is 11.1 Å². The zero-order valence-corrected chi connectivity index (χ0v) is 9.63. The van der Waals surface area contributed by atoms with Crippen molar-refractivity contribution in [2.75, 3.05) is 6.54 Å². The first-order valence-corrected chi connectivity index (χ1v) is 5.67. The normalized spacial score (nSPS) is 12.2. The number of hydrogen-bond acceptors (Lipinski definition) is 3. The van der Waals surface area contributed by atoms with Crippen molar-refractivity contribution in [1.82, 2.24) is 4.98 Å². The molecule has 0 saturated carbocycles. The fourth-order valence-corrected chi connectivity index (χ4v) is 1.68. The van der Waals surface area contributed by atoms with Crippen LogP contribution in [0.3, 0.4) is 0 Å². The number of rotatable bonds is 4. The second-order valence-electron chi connectivity index (χ2n) is 4.03. The highest BCUT2D eigenvalue weighted by atomic mass is 19.4. The fraction of sp³-hybridized carbons (Fsp3) is 0.417. The predicted molar refractivity (Wildman–Crippen MR) is 61.0 cm³/mol. The van der Waals surface area contributed by atoms with Crippen LogP contribution >= 0.6 is 0 Å². The van der Waals surface area contributed by atoms with Crippen LogP contribution < -0.4 is 5.73 Å². The Morgan fingerprint density at radius 3 is 2.67 bits per heavy atom. The zero-order valence-electron chi connectivity index (χ0n) is 9.63. The summed E-state index contributed by atoms with van der Waals surface area (Å²) in [5.41, 5.74) is 5.27. The number of aromatic nitrogens is 1. The summed E-state index contributed by atoms with van der Waals surface area (Å²) in [7, 11) is 0. The third-order valence-electron chi connectivity index (χ3n) is 2.60. The van der Waals surface area contributed by atoms with Gasteiger partial charge in [-0.2, -0.15) is 13.2 Å². The minimum absolute atomic E-state index is 0.243. The Hall–Kier alpha value is -1.56. The molecule has 0 saturated heterocycles. The number of halogens is 3. The molecular weight excluding hydrogens is 245 g/mol. The lowest BCUT2D eigenvalue weighted by molar-refractivity contribution is -0.137. The lowest BCUT2D eigenvalue weighted by Gasteiger charge is -2.04. The van der Waals surface area contributed by atoms with Gasteiger partial charge in [0.1, 0.15) is 5.52 Å². The lowest BCUT2D eigenvalue weighted by atomic mass is 10.2. The Balaban J connectivity index is 2.23. The average Bonchev–Trinajstić information content (AvgIpc) is 2.69. The molecule has 0 spiro atoms. The van der Waals surface area contributed by atoms with E-state index in [1.807, 2.05) is 0 Å². The van der Waals surface area contributed by atoms with Crippen molar-refractivity contribution < 1.29 is 17.6 Å². The van der Waals surface area contributed by atoms with Crippen molar-refractivity contribution in [1.29, 1.82) is 0 Å². The number of hydrogen-bond donors (Lipinski definition) is 1. The first-order valence-electron chi connectivity index (χ1n) is 5.67.